The maximum atomic E-state index is 12.4. The van der Waals surface area contributed by atoms with E-state index < -0.39 is 0 Å². The molecule has 0 bridgehead atoms. The lowest BCUT2D eigenvalue weighted by Crippen LogP contribution is -2.21. The summed E-state index contributed by atoms with van der Waals surface area (Å²) in [6.07, 6.45) is 1.81. The smallest absolute Gasteiger partial charge is 0.255 e. The number of halogens is 1. The second-order valence-corrected chi connectivity index (χ2v) is 6.15. The predicted molar refractivity (Wildman–Crippen MR) is 92.7 cm³/mol. The lowest BCUT2D eigenvalue weighted by atomic mass is 10.1. The highest BCUT2D eigenvalue weighted by Crippen LogP contribution is 2.29. The van der Waals surface area contributed by atoms with E-state index in [-0.39, 0.29) is 18.3 Å². The van der Waals surface area contributed by atoms with E-state index in [0.29, 0.717) is 16.8 Å². The number of rotatable bonds is 3. The third kappa shape index (κ3) is 3.51. The molecule has 1 heterocycles. The number of amides is 1. The van der Waals surface area contributed by atoms with Crippen molar-refractivity contribution in [1.82, 2.24) is 0 Å². The van der Waals surface area contributed by atoms with Crippen LogP contribution >= 0.6 is 15.9 Å². The van der Waals surface area contributed by atoms with E-state index in [0.717, 1.165) is 15.8 Å². The fourth-order valence-electron chi connectivity index (χ4n) is 2.31. The first kappa shape index (κ1) is 15.5. The lowest BCUT2D eigenvalue weighted by molar-refractivity contribution is -0.113. The minimum absolute atomic E-state index is 0.0416. The highest BCUT2D eigenvalue weighted by atomic mass is 79.9. The molecule has 1 aliphatic rings. The summed E-state index contributed by atoms with van der Waals surface area (Å²) in [4.78, 5) is 23.8. The van der Waals surface area contributed by atoms with Crippen LogP contribution in [-0.4, -0.2) is 18.3 Å². The molecule has 0 spiro atoms. The molecule has 1 N–H and O–H groups in total. The van der Waals surface area contributed by atoms with Crippen LogP contribution in [-0.2, 0) is 4.79 Å². The molecule has 23 heavy (non-hydrogen) atoms. The van der Waals surface area contributed by atoms with Gasteiger partial charge in [0.25, 0.3) is 5.91 Å². The Labute approximate surface area is 142 Å². The number of anilines is 1. The first-order chi connectivity index (χ1) is 11.0. The van der Waals surface area contributed by atoms with Crippen molar-refractivity contribution >= 4 is 39.4 Å². The molecule has 0 atom stereocenters. The Morgan fingerprint density at radius 2 is 2.00 bits per heavy atom. The van der Waals surface area contributed by atoms with Crippen molar-refractivity contribution < 1.29 is 14.3 Å². The number of nitrogens with one attached hydrogen (secondary N) is 1. The van der Waals surface area contributed by atoms with E-state index >= 15 is 0 Å². The highest BCUT2D eigenvalue weighted by molar-refractivity contribution is 9.10. The molecule has 0 radical (unpaired) electrons. The summed E-state index contributed by atoms with van der Waals surface area (Å²) in [6, 6.07) is 12.5. The zero-order chi connectivity index (χ0) is 16.4. The first-order valence-corrected chi connectivity index (χ1v) is 7.87. The Morgan fingerprint density at radius 3 is 2.78 bits per heavy atom. The molecule has 0 unspecified atom stereocenters. The van der Waals surface area contributed by atoms with E-state index in [1.54, 1.807) is 24.3 Å². The molecule has 0 saturated heterocycles. The topological polar surface area (TPSA) is 55.4 Å². The van der Waals surface area contributed by atoms with Gasteiger partial charge in [-0.25, -0.2) is 0 Å². The number of ketones is 1. The number of ether oxygens (including phenoxy) is 1. The van der Waals surface area contributed by atoms with Gasteiger partial charge in [0.05, 0.1) is 5.57 Å². The number of hydrogen-bond acceptors (Lipinski definition) is 3. The Morgan fingerprint density at radius 1 is 1.17 bits per heavy atom. The van der Waals surface area contributed by atoms with Crippen molar-refractivity contribution in [2.24, 2.45) is 0 Å². The van der Waals surface area contributed by atoms with E-state index in [4.69, 9.17) is 4.74 Å². The maximum absolute atomic E-state index is 12.4. The molecule has 2 aromatic rings. The van der Waals surface area contributed by atoms with Gasteiger partial charge in [-0.15, -0.1) is 0 Å². The standard InChI is InChI=1S/C18H14BrNO3/c1-11(21)12-3-2-4-16(9-12)20-18(22)14-7-13-8-15(19)5-6-17(13)23-10-14/h2-9H,10H2,1H3,(H,20,22). The third-order valence-corrected chi connectivity index (χ3v) is 4.00. The number of benzene rings is 2. The van der Waals surface area contributed by atoms with Crippen molar-refractivity contribution in [1.29, 1.82) is 0 Å². The summed E-state index contributed by atoms with van der Waals surface area (Å²) in [5.41, 5.74) is 2.53. The molecule has 0 aliphatic carbocycles. The molecule has 1 amide bonds. The lowest BCUT2D eigenvalue weighted by Gasteiger charge is -2.18. The summed E-state index contributed by atoms with van der Waals surface area (Å²) in [7, 11) is 0. The van der Waals surface area contributed by atoms with Gasteiger partial charge in [0.1, 0.15) is 12.4 Å². The molecule has 0 fully saturated rings. The van der Waals surface area contributed by atoms with Crippen LogP contribution in [0.3, 0.4) is 0 Å². The molecule has 0 saturated carbocycles. The molecule has 5 heteroatoms. The Kier molecular flexibility index (Phi) is 4.30. The predicted octanol–water partition coefficient (Wildman–Crippen LogP) is 4.07. The zero-order valence-corrected chi connectivity index (χ0v) is 14.0. The minimum Gasteiger partial charge on any atom is -0.488 e. The van der Waals surface area contributed by atoms with Gasteiger partial charge >= 0.3 is 0 Å². The van der Waals surface area contributed by atoms with Crippen molar-refractivity contribution in [3.8, 4) is 5.75 Å². The van der Waals surface area contributed by atoms with Crippen LogP contribution in [0.5, 0.6) is 5.75 Å². The molecule has 116 valence electrons. The first-order valence-electron chi connectivity index (χ1n) is 7.08. The summed E-state index contributed by atoms with van der Waals surface area (Å²) in [5.74, 6) is 0.472. The average Bonchev–Trinajstić information content (AvgIpc) is 2.54. The van der Waals surface area contributed by atoms with E-state index in [2.05, 4.69) is 21.2 Å². The highest BCUT2D eigenvalue weighted by Gasteiger charge is 2.17. The Balaban J connectivity index is 1.81. The van der Waals surface area contributed by atoms with Crippen LogP contribution in [0.1, 0.15) is 22.8 Å². The van der Waals surface area contributed by atoms with Crippen molar-refractivity contribution in [3.05, 3.63) is 63.6 Å². The summed E-state index contributed by atoms with van der Waals surface area (Å²) >= 11 is 3.41. The van der Waals surface area contributed by atoms with Crippen molar-refractivity contribution in [3.63, 3.8) is 0 Å². The van der Waals surface area contributed by atoms with Gasteiger partial charge in [-0.2, -0.15) is 0 Å². The Hall–Kier alpha value is -2.40. The third-order valence-electron chi connectivity index (χ3n) is 3.50. The van der Waals surface area contributed by atoms with Crippen LogP contribution < -0.4 is 10.1 Å². The van der Waals surface area contributed by atoms with Gasteiger partial charge in [0.15, 0.2) is 5.78 Å². The van der Waals surface area contributed by atoms with E-state index in [9.17, 15) is 9.59 Å². The van der Waals surface area contributed by atoms with Gasteiger partial charge in [-0.05, 0) is 43.3 Å². The van der Waals surface area contributed by atoms with Crippen LogP contribution in [0, 0.1) is 0 Å². The van der Waals surface area contributed by atoms with Crippen LogP contribution in [0.25, 0.3) is 6.08 Å². The molecule has 0 aromatic heterocycles. The Bertz CT molecular complexity index is 827. The zero-order valence-electron chi connectivity index (χ0n) is 12.4. The van der Waals surface area contributed by atoms with Gasteiger partial charge in [-0.1, -0.05) is 28.1 Å². The summed E-state index contributed by atoms with van der Waals surface area (Å²) in [5, 5.41) is 2.80. The van der Waals surface area contributed by atoms with Gasteiger partial charge in [-0.3, -0.25) is 9.59 Å². The van der Waals surface area contributed by atoms with Gasteiger partial charge in [0.2, 0.25) is 0 Å². The average molecular weight is 372 g/mol. The SMILES string of the molecule is CC(=O)c1cccc(NC(=O)C2=Cc3cc(Br)ccc3OC2)c1. The molecular weight excluding hydrogens is 358 g/mol. The number of Topliss-reactive ketones (excluding diaryl/α,β-unsaturated/α-hetero) is 1. The second-order valence-electron chi connectivity index (χ2n) is 5.23. The molecular formula is C18H14BrNO3. The molecule has 2 aromatic carbocycles. The maximum Gasteiger partial charge on any atom is 0.255 e. The molecule has 4 nitrogen and oxygen atoms in total. The van der Waals surface area contributed by atoms with Gasteiger partial charge in [0, 0.05) is 21.3 Å². The van der Waals surface area contributed by atoms with Crippen LogP contribution in [0.2, 0.25) is 0 Å². The number of carbonyl (C=O) groups excluding carboxylic acids is 2. The van der Waals surface area contributed by atoms with E-state index in [1.807, 2.05) is 24.3 Å². The summed E-state index contributed by atoms with van der Waals surface area (Å²) in [6.45, 7) is 1.71. The largest absolute Gasteiger partial charge is 0.488 e. The second kappa shape index (κ2) is 6.38. The van der Waals surface area contributed by atoms with E-state index in [1.165, 1.54) is 6.92 Å². The van der Waals surface area contributed by atoms with Crippen molar-refractivity contribution in [2.45, 2.75) is 6.92 Å². The fraction of sp³-hybridized carbons (Fsp3) is 0.111. The normalized spacial score (nSPS) is 12.7. The van der Waals surface area contributed by atoms with Crippen molar-refractivity contribution in [2.75, 3.05) is 11.9 Å². The number of fused-ring (bicyclic) bond motifs is 1. The molecule has 3 rings (SSSR count). The quantitative estimate of drug-likeness (QED) is 0.827. The monoisotopic (exact) mass is 371 g/mol. The number of carbonyl (C=O) groups is 2. The molecule has 1 aliphatic heterocycles. The number of hydrogen-bond donors (Lipinski definition) is 1. The minimum atomic E-state index is -0.240. The van der Waals surface area contributed by atoms with Crippen LogP contribution in [0.4, 0.5) is 5.69 Å². The van der Waals surface area contributed by atoms with Crippen LogP contribution in [0.15, 0.2) is 52.5 Å². The van der Waals surface area contributed by atoms with Gasteiger partial charge < -0.3 is 10.1 Å². The summed E-state index contributed by atoms with van der Waals surface area (Å²) < 4.78 is 6.53. The fourth-order valence-corrected chi connectivity index (χ4v) is 2.69.